The highest BCUT2D eigenvalue weighted by Crippen LogP contribution is 2.29. The van der Waals surface area contributed by atoms with Gasteiger partial charge >= 0.3 is 0 Å². The smallest absolute Gasteiger partial charge is 0.126 e. The van der Waals surface area contributed by atoms with E-state index in [0.29, 0.717) is 21.7 Å². The maximum absolute atomic E-state index is 13.2. The first-order valence-corrected chi connectivity index (χ1v) is 6.07. The minimum Gasteiger partial charge on any atom is -0.384 e. The van der Waals surface area contributed by atoms with Crippen molar-refractivity contribution in [2.24, 2.45) is 0 Å². The maximum atomic E-state index is 13.2. The summed E-state index contributed by atoms with van der Waals surface area (Å²) in [6.45, 7) is 3.60. The van der Waals surface area contributed by atoms with E-state index in [1.807, 2.05) is 13.0 Å². The van der Waals surface area contributed by atoms with E-state index in [1.165, 1.54) is 6.07 Å². The van der Waals surface area contributed by atoms with E-state index in [9.17, 15) is 9.50 Å². The minimum atomic E-state index is -0.836. The summed E-state index contributed by atoms with van der Waals surface area (Å²) in [5.74, 6) is -0.277. The van der Waals surface area contributed by atoms with Gasteiger partial charge in [0.25, 0.3) is 0 Å². The first-order chi connectivity index (χ1) is 8.49. The van der Waals surface area contributed by atoms with Crippen LogP contribution < -0.4 is 0 Å². The second-order valence-corrected chi connectivity index (χ2v) is 4.84. The van der Waals surface area contributed by atoms with Crippen LogP contribution in [0.4, 0.5) is 4.39 Å². The van der Waals surface area contributed by atoms with Gasteiger partial charge in [-0.2, -0.15) is 0 Å². The normalized spacial score (nSPS) is 12.5. The zero-order valence-corrected chi connectivity index (χ0v) is 11.0. The molecule has 3 heteroatoms. The molecular weight excluding hydrogens is 251 g/mol. The summed E-state index contributed by atoms with van der Waals surface area (Å²) in [6.07, 6.45) is -0.836. The summed E-state index contributed by atoms with van der Waals surface area (Å²) in [4.78, 5) is 0. The topological polar surface area (TPSA) is 20.2 Å². The Hall–Kier alpha value is -1.38. The monoisotopic (exact) mass is 264 g/mol. The van der Waals surface area contributed by atoms with Gasteiger partial charge in [0.05, 0.1) is 0 Å². The third-order valence-electron chi connectivity index (χ3n) is 2.95. The van der Waals surface area contributed by atoms with Crippen molar-refractivity contribution in [1.29, 1.82) is 0 Å². The van der Waals surface area contributed by atoms with E-state index >= 15 is 0 Å². The van der Waals surface area contributed by atoms with Gasteiger partial charge in [-0.3, -0.25) is 0 Å². The van der Waals surface area contributed by atoms with Gasteiger partial charge in [-0.1, -0.05) is 35.9 Å². The van der Waals surface area contributed by atoms with Crippen LogP contribution >= 0.6 is 11.6 Å². The lowest BCUT2D eigenvalue weighted by molar-refractivity contribution is 0.220. The first kappa shape index (κ1) is 13.1. The Balaban J connectivity index is 2.41. The van der Waals surface area contributed by atoms with E-state index in [4.69, 9.17) is 11.6 Å². The van der Waals surface area contributed by atoms with Gasteiger partial charge in [-0.25, -0.2) is 4.39 Å². The Morgan fingerprint density at radius 3 is 2.44 bits per heavy atom. The fourth-order valence-corrected chi connectivity index (χ4v) is 2.21. The molecule has 0 radical (unpaired) electrons. The summed E-state index contributed by atoms with van der Waals surface area (Å²) in [6, 6.07) is 10.0. The molecule has 0 aliphatic rings. The molecule has 0 saturated heterocycles. The summed E-state index contributed by atoms with van der Waals surface area (Å²) < 4.78 is 13.2. The third-order valence-corrected chi connectivity index (χ3v) is 3.28. The molecule has 0 saturated carbocycles. The Morgan fingerprint density at radius 1 is 1.11 bits per heavy atom. The standard InChI is InChI=1S/C15H14ClFO/c1-9-3-5-12(13(16)7-9)15(18)11-4-6-14(17)10(2)8-11/h3-8,15,18H,1-2H3. The van der Waals surface area contributed by atoms with Crippen molar-refractivity contribution >= 4 is 11.6 Å². The van der Waals surface area contributed by atoms with Crippen molar-refractivity contribution in [2.75, 3.05) is 0 Å². The molecule has 0 aliphatic carbocycles. The largest absolute Gasteiger partial charge is 0.384 e. The molecule has 0 bridgehead atoms. The second kappa shape index (κ2) is 5.09. The van der Waals surface area contributed by atoms with E-state index in [1.54, 1.807) is 31.2 Å². The van der Waals surface area contributed by atoms with Crippen LogP contribution in [0.15, 0.2) is 36.4 Å². The van der Waals surface area contributed by atoms with Gasteiger partial charge in [-0.05, 0) is 42.7 Å². The van der Waals surface area contributed by atoms with Crippen molar-refractivity contribution in [2.45, 2.75) is 20.0 Å². The zero-order valence-electron chi connectivity index (χ0n) is 10.2. The van der Waals surface area contributed by atoms with Crippen LogP contribution in [0.5, 0.6) is 0 Å². The van der Waals surface area contributed by atoms with Crippen molar-refractivity contribution in [3.05, 3.63) is 69.5 Å². The van der Waals surface area contributed by atoms with Crippen molar-refractivity contribution in [1.82, 2.24) is 0 Å². The number of halogens is 2. The van der Waals surface area contributed by atoms with E-state index < -0.39 is 6.10 Å². The van der Waals surface area contributed by atoms with Gasteiger partial charge in [0.1, 0.15) is 11.9 Å². The molecule has 0 amide bonds. The average Bonchev–Trinajstić information content (AvgIpc) is 2.32. The lowest BCUT2D eigenvalue weighted by Gasteiger charge is -2.14. The minimum absolute atomic E-state index is 0.277. The SMILES string of the molecule is Cc1ccc(C(O)c2ccc(F)c(C)c2)c(Cl)c1. The molecule has 0 fully saturated rings. The molecule has 2 rings (SSSR count). The Bertz CT molecular complexity index is 581. The molecule has 94 valence electrons. The molecule has 0 spiro atoms. The molecule has 1 atom stereocenters. The highest BCUT2D eigenvalue weighted by molar-refractivity contribution is 6.31. The number of aliphatic hydroxyl groups excluding tert-OH is 1. The second-order valence-electron chi connectivity index (χ2n) is 4.44. The van der Waals surface area contributed by atoms with E-state index in [-0.39, 0.29) is 5.82 Å². The molecule has 2 aromatic rings. The van der Waals surface area contributed by atoms with Crippen LogP contribution in [-0.4, -0.2) is 5.11 Å². The molecule has 0 aromatic heterocycles. The summed E-state index contributed by atoms with van der Waals surface area (Å²) in [5.41, 5.74) is 2.81. The summed E-state index contributed by atoms with van der Waals surface area (Å²) in [7, 11) is 0. The Morgan fingerprint density at radius 2 is 1.83 bits per heavy atom. The number of rotatable bonds is 2. The van der Waals surface area contributed by atoms with Gasteiger partial charge in [0.15, 0.2) is 0 Å². The van der Waals surface area contributed by atoms with Gasteiger partial charge in [0.2, 0.25) is 0 Å². The fraction of sp³-hybridized carbons (Fsp3) is 0.200. The van der Waals surface area contributed by atoms with Crippen molar-refractivity contribution in [3.8, 4) is 0 Å². The summed E-state index contributed by atoms with van der Waals surface area (Å²) >= 11 is 6.11. The highest BCUT2D eigenvalue weighted by Gasteiger charge is 2.14. The van der Waals surface area contributed by atoms with Crippen LogP contribution in [0.2, 0.25) is 5.02 Å². The fourth-order valence-electron chi connectivity index (χ4n) is 1.87. The van der Waals surface area contributed by atoms with Crippen LogP contribution in [0.3, 0.4) is 0 Å². The zero-order chi connectivity index (χ0) is 13.3. The van der Waals surface area contributed by atoms with Crippen LogP contribution in [-0.2, 0) is 0 Å². The number of aliphatic hydroxyl groups is 1. The van der Waals surface area contributed by atoms with Crippen LogP contribution in [0.1, 0.15) is 28.4 Å². The molecule has 1 unspecified atom stereocenters. The Kier molecular flexibility index (Phi) is 3.69. The first-order valence-electron chi connectivity index (χ1n) is 5.69. The molecule has 1 nitrogen and oxygen atoms in total. The van der Waals surface area contributed by atoms with Crippen LogP contribution in [0.25, 0.3) is 0 Å². The molecule has 1 N–H and O–H groups in total. The van der Waals surface area contributed by atoms with E-state index in [2.05, 4.69) is 0 Å². The quantitative estimate of drug-likeness (QED) is 0.863. The van der Waals surface area contributed by atoms with Gasteiger partial charge < -0.3 is 5.11 Å². The lowest BCUT2D eigenvalue weighted by atomic mass is 9.99. The van der Waals surface area contributed by atoms with Gasteiger partial charge in [0, 0.05) is 10.6 Å². The number of aryl methyl sites for hydroxylation is 2. The molecule has 0 heterocycles. The predicted molar refractivity (Wildman–Crippen MR) is 71.4 cm³/mol. The van der Waals surface area contributed by atoms with Crippen LogP contribution in [0, 0.1) is 19.7 Å². The maximum Gasteiger partial charge on any atom is 0.126 e. The molecule has 2 aromatic carbocycles. The highest BCUT2D eigenvalue weighted by atomic mass is 35.5. The lowest BCUT2D eigenvalue weighted by Crippen LogP contribution is -2.01. The Labute approximate surface area is 111 Å². The van der Waals surface area contributed by atoms with Crippen molar-refractivity contribution < 1.29 is 9.50 Å². The van der Waals surface area contributed by atoms with Crippen molar-refractivity contribution in [3.63, 3.8) is 0 Å². The van der Waals surface area contributed by atoms with E-state index in [0.717, 1.165) is 5.56 Å². The van der Waals surface area contributed by atoms with Gasteiger partial charge in [-0.15, -0.1) is 0 Å². The molecular formula is C15H14ClFO. The number of hydrogen-bond donors (Lipinski definition) is 1. The average molecular weight is 265 g/mol. The third kappa shape index (κ3) is 2.55. The summed E-state index contributed by atoms with van der Waals surface area (Å²) in [5, 5.41) is 10.8. The molecule has 18 heavy (non-hydrogen) atoms. The predicted octanol–water partition coefficient (Wildman–Crippen LogP) is 4.18. The molecule has 0 aliphatic heterocycles. The number of hydrogen-bond acceptors (Lipinski definition) is 1. The number of benzene rings is 2.